The van der Waals surface area contributed by atoms with Crippen LogP contribution in [0.2, 0.25) is 0 Å². The average Bonchev–Trinajstić information content (AvgIpc) is 2.98. The number of nitrogens with one attached hydrogen (secondary N) is 2. The van der Waals surface area contributed by atoms with Crippen LogP contribution in [0.5, 0.6) is 0 Å². The Hall–Kier alpha value is -1.56. The fourth-order valence-electron chi connectivity index (χ4n) is 2.28. The topological polar surface area (TPSA) is 82.7 Å². The molecule has 3 N–H and O–H groups in total. The summed E-state index contributed by atoms with van der Waals surface area (Å²) in [6, 6.07) is 1.94. The Morgan fingerprint density at radius 3 is 2.73 bits per heavy atom. The molecule has 0 radical (unpaired) electrons. The zero-order valence-electron chi connectivity index (χ0n) is 14.1. The molecule has 6 heteroatoms. The second-order valence-electron chi connectivity index (χ2n) is 5.38. The first kappa shape index (κ1) is 18.5. The van der Waals surface area contributed by atoms with E-state index in [9.17, 15) is 0 Å². The number of guanidine groups is 1. The molecule has 1 atom stereocenters. The summed E-state index contributed by atoms with van der Waals surface area (Å²) >= 11 is 0. The van der Waals surface area contributed by atoms with Gasteiger partial charge in [-0.3, -0.25) is 0 Å². The molecule has 0 aliphatic carbocycles. The van der Waals surface area contributed by atoms with E-state index in [4.69, 9.17) is 9.63 Å². The van der Waals surface area contributed by atoms with Crippen LogP contribution in [0.15, 0.2) is 15.6 Å². The van der Waals surface area contributed by atoms with E-state index in [1.807, 2.05) is 19.9 Å². The molecular formula is C16H30N4O2. The number of hydrogen-bond donors (Lipinski definition) is 3. The Bertz CT molecular complexity index is 426. The van der Waals surface area contributed by atoms with Crippen LogP contribution in [-0.4, -0.2) is 35.9 Å². The van der Waals surface area contributed by atoms with Gasteiger partial charge in [0.15, 0.2) is 11.7 Å². The summed E-state index contributed by atoms with van der Waals surface area (Å²) in [6.07, 6.45) is 3.92. The van der Waals surface area contributed by atoms with Crippen molar-refractivity contribution >= 4 is 5.96 Å². The Labute approximate surface area is 133 Å². The highest BCUT2D eigenvalue weighted by atomic mass is 16.5. The van der Waals surface area contributed by atoms with E-state index in [-0.39, 0.29) is 6.61 Å². The zero-order valence-corrected chi connectivity index (χ0v) is 14.1. The first-order chi connectivity index (χ1) is 10.7. The van der Waals surface area contributed by atoms with Crippen LogP contribution >= 0.6 is 0 Å². The van der Waals surface area contributed by atoms with Gasteiger partial charge >= 0.3 is 0 Å². The van der Waals surface area contributed by atoms with E-state index in [0.717, 1.165) is 56.2 Å². The largest absolute Gasteiger partial charge is 0.396 e. The predicted molar refractivity (Wildman–Crippen MR) is 88.8 cm³/mol. The maximum atomic E-state index is 9.12. The fraction of sp³-hybridized carbons (Fsp3) is 0.750. The molecule has 1 rings (SSSR count). The van der Waals surface area contributed by atoms with Gasteiger partial charge in [0.2, 0.25) is 0 Å². The third kappa shape index (κ3) is 6.93. The molecule has 1 aromatic rings. The first-order valence-electron chi connectivity index (χ1n) is 8.30. The van der Waals surface area contributed by atoms with E-state index in [2.05, 4.69) is 27.7 Å². The van der Waals surface area contributed by atoms with Crippen LogP contribution in [0, 0.1) is 5.92 Å². The number of aryl methyl sites for hydroxylation is 1. The van der Waals surface area contributed by atoms with E-state index in [1.54, 1.807) is 0 Å². The first-order valence-corrected chi connectivity index (χ1v) is 8.30. The highest BCUT2D eigenvalue weighted by molar-refractivity contribution is 5.79. The lowest BCUT2D eigenvalue weighted by molar-refractivity contribution is 0.251. The summed E-state index contributed by atoms with van der Waals surface area (Å²) in [6.45, 7) is 8.58. The molecule has 0 saturated heterocycles. The van der Waals surface area contributed by atoms with Crippen LogP contribution in [0.3, 0.4) is 0 Å². The van der Waals surface area contributed by atoms with Crippen molar-refractivity contribution in [3.63, 3.8) is 0 Å². The minimum atomic E-state index is 0.234. The number of aliphatic imine (C=N–C) groups is 1. The minimum absolute atomic E-state index is 0.234. The molecule has 22 heavy (non-hydrogen) atoms. The number of nitrogens with zero attached hydrogens (tertiary/aromatic N) is 2. The Morgan fingerprint density at radius 2 is 2.14 bits per heavy atom. The molecular weight excluding hydrogens is 280 g/mol. The quantitative estimate of drug-likeness (QED) is 0.455. The number of aromatic nitrogens is 1. The minimum Gasteiger partial charge on any atom is -0.396 e. The Balaban J connectivity index is 2.53. The average molecular weight is 310 g/mol. The maximum absolute atomic E-state index is 9.12. The van der Waals surface area contributed by atoms with Crippen LogP contribution in [0.4, 0.5) is 0 Å². The van der Waals surface area contributed by atoms with Crippen molar-refractivity contribution in [2.24, 2.45) is 10.9 Å². The molecule has 0 bridgehead atoms. The molecule has 0 aliphatic heterocycles. The van der Waals surface area contributed by atoms with Crippen LogP contribution < -0.4 is 10.6 Å². The normalized spacial score (nSPS) is 13.2. The molecule has 0 fully saturated rings. The standard InChI is InChI=1S/C16H30N4O2/c1-4-7-13(8-9-21)11-18-16(17-6-3)19-12-15-10-14(5-2)20-22-15/h10,13,21H,4-9,11-12H2,1-3H3,(H2,17,18,19). The van der Waals surface area contributed by atoms with Gasteiger partial charge in [0.05, 0.1) is 5.69 Å². The smallest absolute Gasteiger partial charge is 0.191 e. The van der Waals surface area contributed by atoms with Gasteiger partial charge in [0.25, 0.3) is 0 Å². The van der Waals surface area contributed by atoms with E-state index in [0.29, 0.717) is 12.5 Å². The highest BCUT2D eigenvalue weighted by Gasteiger charge is 2.08. The molecule has 0 saturated carbocycles. The third-order valence-corrected chi connectivity index (χ3v) is 3.50. The lowest BCUT2D eigenvalue weighted by Crippen LogP contribution is -2.40. The molecule has 6 nitrogen and oxygen atoms in total. The second kappa shape index (κ2) is 11.1. The highest BCUT2D eigenvalue weighted by Crippen LogP contribution is 2.09. The summed E-state index contributed by atoms with van der Waals surface area (Å²) < 4.78 is 5.24. The van der Waals surface area contributed by atoms with Crippen molar-refractivity contribution in [2.45, 2.75) is 53.0 Å². The van der Waals surface area contributed by atoms with Crippen LogP contribution in [0.1, 0.15) is 51.5 Å². The van der Waals surface area contributed by atoms with Gasteiger partial charge < -0.3 is 20.3 Å². The van der Waals surface area contributed by atoms with E-state index >= 15 is 0 Å². The van der Waals surface area contributed by atoms with Crippen molar-refractivity contribution in [2.75, 3.05) is 19.7 Å². The SMILES string of the molecule is CCCC(CCO)CNC(=NCc1cc(CC)no1)NCC. The molecule has 0 amide bonds. The molecule has 1 aromatic heterocycles. The molecule has 0 aliphatic rings. The van der Waals surface area contributed by atoms with E-state index < -0.39 is 0 Å². The lowest BCUT2D eigenvalue weighted by Gasteiger charge is -2.18. The summed E-state index contributed by atoms with van der Waals surface area (Å²) in [5.74, 6) is 2.02. The molecule has 1 heterocycles. The molecule has 0 aromatic carbocycles. The zero-order chi connectivity index (χ0) is 16.2. The van der Waals surface area contributed by atoms with Gasteiger partial charge in [-0.2, -0.15) is 0 Å². The van der Waals surface area contributed by atoms with Crippen molar-refractivity contribution in [1.29, 1.82) is 0 Å². The summed E-state index contributed by atoms with van der Waals surface area (Å²) in [4.78, 5) is 4.52. The summed E-state index contributed by atoms with van der Waals surface area (Å²) in [7, 11) is 0. The van der Waals surface area contributed by atoms with Crippen LogP contribution in [-0.2, 0) is 13.0 Å². The van der Waals surface area contributed by atoms with Gasteiger partial charge in [0, 0.05) is 25.8 Å². The molecule has 0 spiro atoms. The van der Waals surface area contributed by atoms with Gasteiger partial charge in [0.1, 0.15) is 6.54 Å². The predicted octanol–water partition coefficient (Wildman–Crippen LogP) is 2.09. The lowest BCUT2D eigenvalue weighted by atomic mass is 10.0. The number of rotatable bonds is 10. The number of aliphatic hydroxyl groups excluding tert-OH is 1. The summed E-state index contributed by atoms with van der Waals surface area (Å²) in [5, 5.41) is 19.7. The number of hydrogen-bond acceptors (Lipinski definition) is 4. The summed E-state index contributed by atoms with van der Waals surface area (Å²) in [5.41, 5.74) is 0.953. The van der Waals surface area contributed by atoms with Crippen molar-refractivity contribution in [1.82, 2.24) is 15.8 Å². The van der Waals surface area contributed by atoms with Gasteiger partial charge in [-0.05, 0) is 32.1 Å². The fourth-order valence-corrected chi connectivity index (χ4v) is 2.28. The molecule has 1 unspecified atom stereocenters. The van der Waals surface area contributed by atoms with Gasteiger partial charge in [-0.25, -0.2) is 4.99 Å². The third-order valence-electron chi connectivity index (χ3n) is 3.50. The number of aliphatic hydroxyl groups is 1. The van der Waals surface area contributed by atoms with Crippen molar-refractivity contribution < 1.29 is 9.63 Å². The Morgan fingerprint density at radius 1 is 1.32 bits per heavy atom. The van der Waals surface area contributed by atoms with Crippen LogP contribution in [0.25, 0.3) is 0 Å². The van der Waals surface area contributed by atoms with Crippen molar-refractivity contribution in [3.8, 4) is 0 Å². The second-order valence-corrected chi connectivity index (χ2v) is 5.38. The molecule has 126 valence electrons. The Kier molecular flexibility index (Phi) is 9.30. The van der Waals surface area contributed by atoms with Gasteiger partial charge in [-0.1, -0.05) is 25.4 Å². The van der Waals surface area contributed by atoms with Crippen molar-refractivity contribution in [3.05, 3.63) is 17.5 Å². The van der Waals surface area contributed by atoms with E-state index in [1.165, 1.54) is 0 Å². The van der Waals surface area contributed by atoms with Gasteiger partial charge in [-0.15, -0.1) is 0 Å². The monoisotopic (exact) mass is 310 g/mol. The maximum Gasteiger partial charge on any atom is 0.191 e.